The molecule has 3 unspecified atom stereocenters. The molecule has 0 saturated heterocycles. The molecule has 0 spiro atoms. The van der Waals surface area contributed by atoms with E-state index in [0.717, 1.165) is 19.3 Å². The van der Waals surface area contributed by atoms with Crippen LogP contribution < -0.4 is 5.73 Å². The molecule has 0 aliphatic heterocycles. The molecule has 0 heterocycles. The fraction of sp³-hybridized carbons (Fsp3) is 0.545. The number of rotatable bonds is 7. The van der Waals surface area contributed by atoms with E-state index in [1.165, 1.54) is 0 Å². The molecular weight excluding hydrogens is 397 g/mol. The van der Waals surface area contributed by atoms with Gasteiger partial charge in [0.1, 0.15) is 5.78 Å². The molecule has 2 saturated carbocycles. The summed E-state index contributed by atoms with van der Waals surface area (Å²) in [6.45, 7) is 4.09. The summed E-state index contributed by atoms with van der Waals surface area (Å²) in [5.41, 5.74) is 7.60. The molecule has 6 heteroatoms. The third-order valence-electron chi connectivity index (χ3n) is 5.81. The van der Waals surface area contributed by atoms with Crippen LogP contribution >= 0.6 is 23.2 Å². The first-order valence-electron chi connectivity index (χ1n) is 9.96. The van der Waals surface area contributed by atoms with Crippen molar-refractivity contribution in [2.45, 2.75) is 52.1 Å². The first-order chi connectivity index (χ1) is 13.3. The standard InChI is InChI=1S/C22H27Cl2NO3/c1-3-13-10-15(9-12(2)21(13)26)28-11-16(22(27)14-7-8-14)20(25)19-17(23)5-4-6-18(19)24/h4-6,12-15H,3,7-11,25H2,1-2H3. The number of ketones is 2. The Bertz CT molecular complexity index is 781. The average Bonchev–Trinajstić information content (AvgIpc) is 3.49. The van der Waals surface area contributed by atoms with E-state index in [1.54, 1.807) is 18.2 Å². The van der Waals surface area contributed by atoms with Gasteiger partial charge < -0.3 is 10.5 Å². The lowest BCUT2D eigenvalue weighted by molar-refractivity contribution is -0.133. The number of carbonyl (C=O) groups excluding carboxylic acids is 2. The van der Waals surface area contributed by atoms with Crippen LogP contribution in [-0.2, 0) is 14.3 Å². The van der Waals surface area contributed by atoms with Gasteiger partial charge in [-0.1, -0.05) is 43.1 Å². The molecule has 3 rings (SSSR count). The molecule has 152 valence electrons. The monoisotopic (exact) mass is 423 g/mol. The van der Waals surface area contributed by atoms with Crippen LogP contribution in [0.4, 0.5) is 0 Å². The zero-order chi connectivity index (χ0) is 20.4. The summed E-state index contributed by atoms with van der Waals surface area (Å²) in [6, 6.07) is 5.15. The SMILES string of the molecule is CCC1CC(OCC(C(=O)C2CC2)=C(N)c2c(Cl)cccc2Cl)CC(C)C1=O. The maximum Gasteiger partial charge on any atom is 0.166 e. The molecule has 3 atom stereocenters. The summed E-state index contributed by atoms with van der Waals surface area (Å²) >= 11 is 12.6. The van der Waals surface area contributed by atoms with Gasteiger partial charge in [-0.2, -0.15) is 0 Å². The van der Waals surface area contributed by atoms with Gasteiger partial charge in [-0.05, 0) is 44.2 Å². The Morgan fingerprint density at radius 2 is 1.86 bits per heavy atom. The zero-order valence-corrected chi connectivity index (χ0v) is 17.9. The van der Waals surface area contributed by atoms with Crippen LogP contribution in [0.1, 0.15) is 51.5 Å². The highest BCUT2D eigenvalue weighted by Gasteiger charge is 2.36. The lowest BCUT2D eigenvalue weighted by Crippen LogP contribution is -2.36. The Morgan fingerprint density at radius 3 is 2.43 bits per heavy atom. The van der Waals surface area contributed by atoms with Crippen LogP contribution in [-0.4, -0.2) is 24.3 Å². The number of benzene rings is 1. The summed E-state index contributed by atoms with van der Waals surface area (Å²) in [6.07, 6.45) is 3.86. The van der Waals surface area contributed by atoms with E-state index in [0.29, 0.717) is 45.5 Å². The molecule has 2 aliphatic carbocycles. The van der Waals surface area contributed by atoms with Crippen LogP contribution in [0.3, 0.4) is 0 Å². The third-order valence-corrected chi connectivity index (χ3v) is 6.44. The average molecular weight is 424 g/mol. The smallest absolute Gasteiger partial charge is 0.166 e. The molecule has 0 amide bonds. The molecule has 0 radical (unpaired) electrons. The highest BCUT2D eigenvalue weighted by atomic mass is 35.5. The summed E-state index contributed by atoms with van der Waals surface area (Å²) in [5.74, 6) is 0.338. The molecule has 1 aromatic carbocycles. The Balaban J connectivity index is 1.83. The fourth-order valence-electron chi connectivity index (χ4n) is 3.93. The minimum atomic E-state index is -0.0610. The van der Waals surface area contributed by atoms with Crippen molar-refractivity contribution in [3.05, 3.63) is 39.4 Å². The number of carbonyl (C=O) groups is 2. The van der Waals surface area contributed by atoms with Gasteiger partial charge >= 0.3 is 0 Å². The number of nitrogens with two attached hydrogens (primary N) is 1. The van der Waals surface area contributed by atoms with E-state index < -0.39 is 0 Å². The van der Waals surface area contributed by atoms with Crippen molar-refractivity contribution in [1.29, 1.82) is 0 Å². The van der Waals surface area contributed by atoms with Crippen molar-refractivity contribution in [2.75, 3.05) is 6.61 Å². The Labute approximate surface area is 176 Å². The van der Waals surface area contributed by atoms with Gasteiger partial charge in [0.2, 0.25) is 0 Å². The Kier molecular flexibility index (Phi) is 6.85. The molecule has 28 heavy (non-hydrogen) atoms. The van der Waals surface area contributed by atoms with Crippen molar-refractivity contribution in [3.63, 3.8) is 0 Å². The van der Waals surface area contributed by atoms with E-state index >= 15 is 0 Å². The molecule has 1 aromatic rings. The van der Waals surface area contributed by atoms with Crippen LogP contribution in [0.2, 0.25) is 10.0 Å². The van der Waals surface area contributed by atoms with Crippen molar-refractivity contribution in [3.8, 4) is 0 Å². The van der Waals surface area contributed by atoms with Crippen LogP contribution in [0, 0.1) is 17.8 Å². The second-order valence-electron chi connectivity index (χ2n) is 7.94. The molecular formula is C22H27Cl2NO3. The van der Waals surface area contributed by atoms with E-state index in [9.17, 15) is 9.59 Å². The first-order valence-corrected chi connectivity index (χ1v) is 10.7. The van der Waals surface area contributed by atoms with Gasteiger partial charge in [0.15, 0.2) is 5.78 Å². The molecule has 0 aromatic heterocycles. The number of ether oxygens (including phenoxy) is 1. The minimum absolute atomic E-state index is 0.00802. The number of halogens is 2. The molecule has 2 N–H and O–H groups in total. The Morgan fingerprint density at radius 1 is 1.21 bits per heavy atom. The summed E-state index contributed by atoms with van der Waals surface area (Å²) in [7, 11) is 0. The number of hydrogen-bond donors (Lipinski definition) is 1. The van der Waals surface area contributed by atoms with Crippen molar-refractivity contribution in [1.82, 2.24) is 0 Å². The number of Topliss-reactive ketones (excluding diaryl/α,β-unsaturated/α-hetero) is 2. The second-order valence-corrected chi connectivity index (χ2v) is 8.75. The lowest BCUT2D eigenvalue weighted by Gasteiger charge is -2.32. The highest BCUT2D eigenvalue weighted by Crippen LogP contribution is 2.37. The second kappa shape index (κ2) is 8.98. The fourth-order valence-corrected chi connectivity index (χ4v) is 4.53. The van der Waals surface area contributed by atoms with Gasteiger partial charge in [-0.3, -0.25) is 9.59 Å². The predicted molar refractivity (Wildman–Crippen MR) is 112 cm³/mol. The normalized spacial score (nSPS) is 26.1. The first kappa shape index (κ1) is 21.4. The summed E-state index contributed by atoms with van der Waals surface area (Å²) in [5, 5.41) is 0.822. The number of hydrogen-bond acceptors (Lipinski definition) is 4. The van der Waals surface area contributed by atoms with Gasteiger partial charge in [0, 0.05) is 28.9 Å². The van der Waals surface area contributed by atoms with Gasteiger partial charge in [0.05, 0.1) is 28.5 Å². The highest BCUT2D eigenvalue weighted by molar-refractivity contribution is 6.37. The van der Waals surface area contributed by atoms with Crippen LogP contribution in [0.15, 0.2) is 23.8 Å². The van der Waals surface area contributed by atoms with Gasteiger partial charge in [0.25, 0.3) is 0 Å². The largest absolute Gasteiger partial charge is 0.398 e. The van der Waals surface area contributed by atoms with Gasteiger partial charge in [-0.15, -0.1) is 0 Å². The maximum absolute atomic E-state index is 12.9. The van der Waals surface area contributed by atoms with E-state index in [2.05, 4.69) is 0 Å². The Hall–Kier alpha value is -1.36. The molecule has 2 aliphatic rings. The van der Waals surface area contributed by atoms with Crippen LogP contribution in [0.5, 0.6) is 0 Å². The van der Waals surface area contributed by atoms with Crippen molar-refractivity contribution in [2.24, 2.45) is 23.5 Å². The quantitative estimate of drug-likeness (QED) is 0.622. The molecule has 2 fully saturated rings. The van der Waals surface area contributed by atoms with Crippen molar-refractivity contribution < 1.29 is 14.3 Å². The van der Waals surface area contributed by atoms with Gasteiger partial charge in [-0.25, -0.2) is 0 Å². The van der Waals surface area contributed by atoms with E-state index in [1.807, 2.05) is 13.8 Å². The molecule has 4 nitrogen and oxygen atoms in total. The maximum atomic E-state index is 12.9. The third kappa shape index (κ3) is 4.61. The van der Waals surface area contributed by atoms with E-state index in [4.69, 9.17) is 33.7 Å². The van der Waals surface area contributed by atoms with E-state index in [-0.39, 0.29) is 36.2 Å². The topological polar surface area (TPSA) is 69.4 Å². The van der Waals surface area contributed by atoms with Crippen molar-refractivity contribution >= 4 is 40.5 Å². The summed E-state index contributed by atoms with van der Waals surface area (Å²) < 4.78 is 6.12. The minimum Gasteiger partial charge on any atom is -0.398 e. The molecule has 0 bridgehead atoms. The van der Waals surface area contributed by atoms with Crippen LogP contribution in [0.25, 0.3) is 5.70 Å². The zero-order valence-electron chi connectivity index (χ0n) is 16.3. The summed E-state index contributed by atoms with van der Waals surface area (Å²) in [4.78, 5) is 25.1. The lowest BCUT2D eigenvalue weighted by atomic mass is 9.78. The predicted octanol–water partition coefficient (Wildman–Crippen LogP) is 5.05.